The molecule has 0 aromatic heterocycles. The van der Waals surface area contributed by atoms with Crippen molar-refractivity contribution < 1.29 is 42.9 Å². The summed E-state index contributed by atoms with van der Waals surface area (Å²) in [6.07, 6.45) is 0.933. The third-order valence-electron chi connectivity index (χ3n) is 10.2. The van der Waals surface area contributed by atoms with Gasteiger partial charge in [-0.15, -0.1) is 0 Å². The van der Waals surface area contributed by atoms with Gasteiger partial charge in [-0.2, -0.15) is 9.91 Å². The maximum Gasteiger partial charge on any atom is 0.423 e. The van der Waals surface area contributed by atoms with Crippen molar-refractivity contribution in [3.8, 4) is 5.75 Å². The van der Waals surface area contributed by atoms with Crippen LogP contribution in [-0.2, 0) is 29.3 Å². The van der Waals surface area contributed by atoms with Crippen molar-refractivity contribution in [2.24, 2.45) is 23.7 Å². The number of aliphatic hydroxyl groups is 1. The molecule has 3 fully saturated rings. The Bertz CT molecular complexity index is 1880. The molecule has 6 unspecified atom stereocenters. The normalized spacial score (nSPS) is 27.3. The number of imide groups is 4. The summed E-state index contributed by atoms with van der Waals surface area (Å²) < 4.78 is 24.1. The molecule has 5 amide bonds. The highest BCUT2D eigenvalue weighted by molar-refractivity contribution is 6.30. The molecule has 2 aliphatic carbocycles. The van der Waals surface area contributed by atoms with E-state index in [-0.39, 0.29) is 26.1 Å². The third-order valence-corrected chi connectivity index (χ3v) is 10.4. The largest absolute Gasteiger partial charge is 0.491 e. The van der Waals surface area contributed by atoms with Crippen LogP contribution < -0.4 is 10.2 Å². The zero-order valence-corrected chi connectivity index (χ0v) is 26.9. The Kier molecular flexibility index (Phi) is 8.24. The number of nitrogens with one attached hydrogen (secondary N) is 1. The average molecular weight is 688 g/mol. The maximum absolute atomic E-state index is 15.1. The zero-order chi connectivity index (χ0) is 34.6. The van der Waals surface area contributed by atoms with Gasteiger partial charge >= 0.3 is 6.09 Å². The minimum Gasteiger partial charge on any atom is -0.491 e. The fourth-order valence-corrected chi connectivity index (χ4v) is 8.35. The molecule has 7 rings (SSSR count). The van der Waals surface area contributed by atoms with Crippen molar-refractivity contribution in [1.29, 1.82) is 0 Å². The number of likely N-dealkylation sites (tertiary alicyclic amines) is 1. The van der Waals surface area contributed by atoms with Crippen LogP contribution in [-0.4, -0.2) is 65.1 Å². The first-order chi connectivity index (χ1) is 23.6. The van der Waals surface area contributed by atoms with E-state index in [2.05, 4.69) is 5.43 Å². The fraction of sp³-hybridized carbons (Fsp3) is 0.306. The molecule has 3 aromatic rings. The highest BCUT2D eigenvalue weighted by atomic mass is 35.5. The predicted molar refractivity (Wildman–Crippen MR) is 172 cm³/mol. The smallest absolute Gasteiger partial charge is 0.423 e. The van der Waals surface area contributed by atoms with Gasteiger partial charge in [-0.1, -0.05) is 47.5 Å². The maximum atomic E-state index is 15.1. The van der Waals surface area contributed by atoms with Gasteiger partial charge in [0, 0.05) is 10.9 Å². The Morgan fingerprint density at radius 3 is 2.31 bits per heavy atom. The van der Waals surface area contributed by atoms with E-state index in [1.165, 1.54) is 24.3 Å². The van der Waals surface area contributed by atoms with Gasteiger partial charge < -0.3 is 14.6 Å². The van der Waals surface area contributed by atoms with E-state index in [9.17, 15) is 28.7 Å². The first-order valence-corrected chi connectivity index (χ1v) is 16.2. The number of amides is 5. The van der Waals surface area contributed by atoms with Gasteiger partial charge in [0.05, 0.1) is 42.6 Å². The van der Waals surface area contributed by atoms with Crippen molar-refractivity contribution in [3.63, 3.8) is 0 Å². The van der Waals surface area contributed by atoms with E-state index in [0.29, 0.717) is 38.1 Å². The molecular weight excluding hydrogens is 657 g/mol. The summed E-state index contributed by atoms with van der Waals surface area (Å²) in [7, 11) is 1.09. The number of carbonyl (C=O) groups is 5. The summed E-state index contributed by atoms with van der Waals surface area (Å²) >= 11 is 6.31. The number of hydrogen-bond acceptors (Lipinski definition) is 9. The third kappa shape index (κ3) is 5.00. The van der Waals surface area contributed by atoms with E-state index in [0.717, 1.165) is 12.1 Å². The van der Waals surface area contributed by atoms with E-state index in [1.54, 1.807) is 48.5 Å². The molecule has 49 heavy (non-hydrogen) atoms. The lowest BCUT2D eigenvalue weighted by molar-refractivity contribution is -0.140. The van der Waals surface area contributed by atoms with Gasteiger partial charge in [-0.3, -0.25) is 24.6 Å². The predicted octanol–water partition coefficient (Wildman–Crippen LogP) is 4.60. The highest BCUT2D eigenvalue weighted by Gasteiger charge is 2.70. The van der Waals surface area contributed by atoms with E-state index in [1.807, 2.05) is 6.08 Å². The van der Waals surface area contributed by atoms with Crippen LogP contribution in [0.5, 0.6) is 5.75 Å². The average Bonchev–Trinajstić information content (AvgIpc) is 3.49. The molecule has 252 valence electrons. The van der Waals surface area contributed by atoms with Crippen LogP contribution in [0.25, 0.3) is 0 Å². The number of benzene rings is 3. The number of ether oxygens (including phenoxy) is 2. The van der Waals surface area contributed by atoms with Gasteiger partial charge in [0.25, 0.3) is 11.8 Å². The molecule has 2 N–H and O–H groups in total. The number of methoxy groups -OCH3 is 1. The van der Waals surface area contributed by atoms with Crippen molar-refractivity contribution in [3.05, 3.63) is 106 Å². The minimum absolute atomic E-state index is 0.0179. The van der Waals surface area contributed by atoms with E-state index >= 15 is 4.79 Å². The molecule has 2 saturated heterocycles. The standard InChI is InChI=1S/C36H31ClFN3O8/c1-48-35(47)40-31(43)26-15-14-25-27(29(26)33(40)45)18-28-32(44)41(39-23-10-8-22(38)9-11-23)34(46)36(28,20-4-6-21(37)7-5-20)30(25)19-2-12-24(13-3-19)49-17-16-42/h2-14,26-30,39,42H,15-18H2,1H3. The van der Waals surface area contributed by atoms with Gasteiger partial charge in [0.15, 0.2) is 0 Å². The highest BCUT2D eigenvalue weighted by Crippen LogP contribution is 2.64. The van der Waals surface area contributed by atoms with Crippen LogP contribution in [0.1, 0.15) is 29.9 Å². The van der Waals surface area contributed by atoms with Crippen LogP contribution in [0.2, 0.25) is 5.02 Å². The number of anilines is 1. The van der Waals surface area contributed by atoms with Crippen LogP contribution in [0, 0.1) is 29.5 Å². The summed E-state index contributed by atoms with van der Waals surface area (Å²) in [6.45, 7) is -0.120. The van der Waals surface area contributed by atoms with Crippen molar-refractivity contribution >= 4 is 47.0 Å². The Morgan fingerprint density at radius 1 is 0.959 bits per heavy atom. The molecule has 0 bridgehead atoms. The van der Waals surface area contributed by atoms with Crippen LogP contribution in [0.3, 0.4) is 0 Å². The quantitative estimate of drug-likeness (QED) is 0.269. The summed E-state index contributed by atoms with van der Waals surface area (Å²) in [5, 5.41) is 10.6. The topological polar surface area (TPSA) is 143 Å². The molecule has 0 radical (unpaired) electrons. The second-order valence-electron chi connectivity index (χ2n) is 12.5. The summed E-state index contributed by atoms with van der Waals surface area (Å²) in [5.41, 5.74) is 3.49. The number of carbonyl (C=O) groups excluding carboxylic acids is 5. The van der Waals surface area contributed by atoms with Gasteiger partial charge in [-0.25, -0.2) is 9.18 Å². The molecular formula is C36H31ClFN3O8. The molecule has 11 nitrogen and oxygen atoms in total. The molecule has 0 spiro atoms. The summed E-state index contributed by atoms with van der Waals surface area (Å²) in [6, 6.07) is 18.9. The Balaban J connectivity index is 1.43. The second kappa shape index (κ2) is 12.4. The molecule has 2 heterocycles. The van der Waals surface area contributed by atoms with Crippen molar-refractivity contribution in [1.82, 2.24) is 9.91 Å². The van der Waals surface area contributed by atoms with Crippen LogP contribution >= 0.6 is 11.6 Å². The number of fused-ring (bicyclic) bond motifs is 4. The lowest BCUT2D eigenvalue weighted by Gasteiger charge is -2.50. The number of allylic oxidation sites excluding steroid dienone is 2. The number of halogens is 2. The van der Waals surface area contributed by atoms with Crippen molar-refractivity contribution in [2.45, 2.75) is 24.2 Å². The summed E-state index contributed by atoms with van der Waals surface area (Å²) in [4.78, 5) is 70.1. The molecule has 1 saturated carbocycles. The first-order valence-electron chi connectivity index (χ1n) is 15.8. The monoisotopic (exact) mass is 687 g/mol. The van der Waals surface area contributed by atoms with Crippen molar-refractivity contribution in [2.75, 3.05) is 25.7 Å². The molecule has 2 aliphatic heterocycles. The molecule has 6 atom stereocenters. The SMILES string of the molecule is COC(=O)N1C(=O)C2CC=C3C(CC4C(=O)N(Nc5ccc(F)cc5)C(=O)C4(c4ccc(Cl)cc4)C3c3ccc(OCCO)cc3)C2C1=O. The minimum atomic E-state index is -1.55. The summed E-state index contributed by atoms with van der Waals surface area (Å²) in [5.74, 6) is -6.89. The Morgan fingerprint density at radius 2 is 1.65 bits per heavy atom. The number of nitrogens with zero attached hydrogens (tertiary/aromatic N) is 2. The first kappa shape index (κ1) is 32.5. The number of rotatable bonds is 7. The Hall–Kier alpha value is -5.07. The van der Waals surface area contributed by atoms with Crippen LogP contribution in [0.4, 0.5) is 14.9 Å². The lowest BCUT2D eigenvalue weighted by Crippen LogP contribution is -2.53. The zero-order valence-electron chi connectivity index (χ0n) is 26.2. The van der Waals surface area contributed by atoms with E-state index < -0.39 is 70.5 Å². The number of aliphatic hydroxyl groups excluding tert-OH is 1. The van der Waals surface area contributed by atoms with Gasteiger partial charge in [0.2, 0.25) is 11.8 Å². The number of hydrazine groups is 1. The molecule has 4 aliphatic rings. The molecule has 3 aromatic carbocycles. The Labute approximate surface area is 285 Å². The fourth-order valence-electron chi connectivity index (χ4n) is 8.22. The van der Waals surface area contributed by atoms with E-state index in [4.69, 9.17) is 21.1 Å². The lowest BCUT2D eigenvalue weighted by atomic mass is 9.49. The van der Waals surface area contributed by atoms with Gasteiger partial charge in [-0.05, 0) is 78.4 Å². The van der Waals surface area contributed by atoms with Gasteiger partial charge in [0.1, 0.15) is 18.2 Å². The molecule has 13 heteroatoms. The number of hydrogen-bond donors (Lipinski definition) is 2. The second-order valence-corrected chi connectivity index (χ2v) is 12.9. The van der Waals surface area contributed by atoms with Crippen LogP contribution in [0.15, 0.2) is 84.4 Å².